The van der Waals surface area contributed by atoms with Crippen LogP contribution in [0.25, 0.3) is 0 Å². The van der Waals surface area contributed by atoms with E-state index in [2.05, 4.69) is 4.98 Å². The number of hydrogen-bond donors (Lipinski definition) is 0. The van der Waals surface area contributed by atoms with Crippen LogP contribution in [-0.2, 0) is 0 Å². The predicted octanol–water partition coefficient (Wildman–Crippen LogP) is 2.87. The molecule has 0 radical (unpaired) electrons. The third-order valence-electron chi connectivity index (χ3n) is 2.53. The van der Waals surface area contributed by atoms with Crippen LogP contribution < -0.4 is 9.47 Å². The van der Waals surface area contributed by atoms with E-state index >= 15 is 0 Å². The molecule has 0 fully saturated rings. The van der Waals surface area contributed by atoms with Crippen LogP contribution in [0.4, 0.5) is 5.69 Å². The second-order valence-corrected chi connectivity index (χ2v) is 4.24. The number of rotatable bonds is 4. The van der Waals surface area contributed by atoms with Crippen molar-refractivity contribution in [1.29, 1.82) is 0 Å². The highest BCUT2D eigenvalue weighted by Gasteiger charge is 2.20. The Kier molecular flexibility index (Phi) is 4.34. The van der Waals surface area contributed by atoms with Crippen molar-refractivity contribution < 1.29 is 19.2 Å². The Balaban J connectivity index is 2.28. The predicted molar refractivity (Wildman–Crippen MR) is 73.9 cm³/mol. The lowest BCUT2D eigenvalue weighted by Crippen LogP contribution is -2.10. The Hall–Kier alpha value is -2.67. The fourth-order valence-electron chi connectivity index (χ4n) is 1.51. The van der Waals surface area contributed by atoms with Gasteiger partial charge in [-0.3, -0.25) is 10.1 Å². The molecule has 108 valence electrons. The molecule has 2 aromatic rings. The second-order valence-electron chi connectivity index (χ2n) is 3.85. The minimum absolute atomic E-state index is 0.129. The van der Waals surface area contributed by atoms with Crippen LogP contribution in [0.2, 0.25) is 5.15 Å². The zero-order valence-corrected chi connectivity index (χ0v) is 11.5. The molecular formula is C13H9ClN2O5. The van der Waals surface area contributed by atoms with E-state index in [9.17, 15) is 14.9 Å². The summed E-state index contributed by atoms with van der Waals surface area (Å²) in [6, 6.07) is 6.74. The lowest BCUT2D eigenvalue weighted by molar-refractivity contribution is -0.385. The quantitative estimate of drug-likeness (QED) is 0.283. The number of benzene rings is 1. The van der Waals surface area contributed by atoms with Crippen molar-refractivity contribution in [2.45, 2.75) is 0 Å². The Morgan fingerprint density at radius 3 is 2.67 bits per heavy atom. The minimum atomic E-state index is -0.771. The van der Waals surface area contributed by atoms with Gasteiger partial charge in [-0.15, -0.1) is 0 Å². The van der Waals surface area contributed by atoms with E-state index in [4.69, 9.17) is 21.1 Å². The number of nitro benzene ring substituents is 1. The third-order valence-corrected chi connectivity index (χ3v) is 2.75. The van der Waals surface area contributed by atoms with Crippen LogP contribution in [0.5, 0.6) is 11.5 Å². The van der Waals surface area contributed by atoms with Gasteiger partial charge in [0.25, 0.3) is 0 Å². The van der Waals surface area contributed by atoms with Gasteiger partial charge in [-0.1, -0.05) is 11.6 Å². The number of nitrogens with zero attached hydrogens (tertiary/aromatic N) is 2. The largest absolute Gasteiger partial charge is 0.496 e. The summed E-state index contributed by atoms with van der Waals surface area (Å²) in [5.41, 5.74) is -0.242. The number of nitro groups is 1. The zero-order valence-electron chi connectivity index (χ0n) is 10.8. The smallest absolute Gasteiger partial charge is 0.345 e. The SMILES string of the molecule is COc1ccc(OC(=O)c2ccc(Cl)nc2)c([N+](=O)[O-])c1. The molecule has 8 heteroatoms. The number of hydrogen-bond acceptors (Lipinski definition) is 6. The third kappa shape index (κ3) is 3.46. The molecule has 0 spiro atoms. The molecule has 1 aromatic heterocycles. The van der Waals surface area contributed by atoms with E-state index in [0.717, 1.165) is 0 Å². The van der Waals surface area contributed by atoms with Gasteiger partial charge in [0, 0.05) is 6.20 Å². The summed E-state index contributed by atoms with van der Waals surface area (Å²) in [7, 11) is 1.38. The Morgan fingerprint density at radius 1 is 1.33 bits per heavy atom. The van der Waals surface area contributed by atoms with Crippen LogP contribution in [-0.4, -0.2) is 23.0 Å². The number of aromatic nitrogens is 1. The molecule has 0 aliphatic heterocycles. The summed E-state index contributed by atoms with van der Waals surface area (Å²) >= 11 is 5.61. The molecule has 0 aliphatic rings. The molecule has 21 heavy (non-hydrogen) atoms. The van der Waals surface area contributed by atoms with Gasteiger partial charge in [0.05, 0.1) is 23.7 Å². The van der Waals surface area contributed by atoms with Crippen molar-refractivity contribution in [2.75, 3.05) is 7.11 Å². The van der Waals surface area contributed by atoms with E-state index in [0.29, 0.717) is 0 Å². The first-order valence-electron chi connectivity index (χ1n) is 5.67. The number of esters is 1. The van der Waals surface area contributed by atoms with E-state index < -0.39 is 10.9 Å². The van der Waals surface area contributed by atoms with Crippen LogP contribution in [0.3, 0.4) is 0 Å². The molecule has 0 unspecified atom stereocenters. The van der Waals surface area contributed by atoms with Crippen LogP contribution in [0, 0.1) is 10.1 Å². The van der Waals surface area contributed by atoms with Crippen molar-refractivity contribution >= 4 is 23.3 Å². The molecular weight excluding hydrogens is 300 g/mol. The van der Waals surface area contributed by atoms with Crippen molar-refractivity contribution in [1.82, 2.24) is 4.98 Å². The Labute approximate surface area is 124 Å². The first kappa shape index (κ1) is 14.7. The molecule has 0 N–H and O–H groups in total. The second kappa shape index (κ2) is 6.19. The van der Waals surface area contributed by atoms with Gasteiger partial charge < -0.3 is 9.47 Å². The Morgan fingerprint density at radius 2 is 2.10 bits per heavy atom. The summed E-state index contributed by atoms with van der Waals surface area (Å²) in [6.45, 7) is 0. The monoisotopic (exact) mass is 308 g/mol. The van der Waals surface area contributed by atoms with Gasteiger partial charge in [0.1, 0.15) is 10.9 Å². The highest BCUT2D eigenvalue weighted by Crippen LogP contribution is 2.31. The minimum Gasteiger partial charge on any atom is -0.496 e. The van der Waals surface area contributed by atoms with Gasteiger partial charge in [-0.2, -0.15) is 0 Å². The molecule has 7 nitrogen and oxygen atoms in total. The first-order chi connectivity index (χ1) is 10.0. The van der Waals surface area contributed by atoms with Gasteiger partial charge in [0.2, 0.25) is 5.75 Å². The molecule has 0 amide bonds. The molecule has 0 bridgehead atoms. The first-order valence-corrected chi connectivity index (χ1v) is 6.05. The maximum atomic E-state index is 11.9. The normalized spacial score (nSPS) is 10.0. The lowest BCUT2D eigenvalue weighted by Gasteiger charge is -2.06. The van der Waals surface area contributed by atoms with Crippen molar-refractivity contribution in [3.63, 3.8) is 0 Å². The molecule has 0 atom stereocenters. The average molecular weight is 309 g/mol. The summed E-state index contributed by atoms with van der Waals surface area (Å²) < 4.78 is 9.91. The maximum Gasteiger partial charge on any atom is 0.345 e. The molecule has 1 heterocycles. The fraction of sp³-hybridized carbons (Fsp3) is 0.0769. The average Bonchev–Trinajstić information content (AvgIpc) is 2.48. The number of carbonyl (C=O) groups is 1. The number of methoxy groups -OCH3 is 1. The Bertz CT molecular complexity index is 687. The van der Waals surface area contributed by atoms with Gasteiger partial charge in [-0.05, 0) is 24.3 Å². The topological polar surface area (TPSA) is 91.6 Å². The fourth-order valence-corrected chi connectivity index (χ4v) is 1.62. The van der Waals surface area contributed by atoms with Gasteiger partial charge >= 0.3 is 11.7 Å². The lowest BCUT2D eigenvalue weighted by atomic mass is 10.2. The highest BCUT2D eigenvalue weighted by atomic mass is 35.5. The van der Waals surface area contributed by atoms with Gasteiger partial charge in [-0.25, -0.2) is 9.78 Å². The zero-order chi connectivity index (χ0) is 15.4. The van der Waals surface area contributed by atoms with E-state index in [-0.39, 0.29) is 27.9 Å². The summed E-state index contributed by atoms with van der Waals surface area (Å²) in [4.78, 5) is 26.0. The number of carbonyl (C=O) groups excluding carboxylic acids is 1. The van der Waals surface area contributed by atoms with E-state index in [1.165, 1.54) is 43.6 Å². The highest BCUT2D eigenvalue weighted by molar-refractivity contribution is 6.29. The molecule has 1 aromatic carbocycles. The molecule has 0 aliphatic carbocycles. The molecule has 0 saturated heterocycles. The number of ether oxygens (including phenoxy) is 2. The van der Waals surface area contributed by atoms with E-state index in [1.807, 2.05) is 0 Å². The number of pyridine rings is 1. The van der Waals surface area contributed by atoms with Crippen LogP contribution in [0.15, 0.2) is 36.5 Å². The van der Waals surface area contributed by atoms with Crippen molar-refractivity contribution in [3.8, 4) is 11.5 Å². The standard InChI is InChI=1S/C13H9ClN2O5/c1-20-9-3-4-11(10(6-9)16(18)19)21-13(17)8-2-5-12(14)15-7-8/h2-7H,1H3. The summed E-state index contributed by atoms with van der Waals surface area (Å²) in [5, 5.41) is 11.2. The van der Waals surface area contributed by atoms with Crippen LogP contribution in [0.1, 0.15) is 10.4 Å². The molecule has 0 saturated carbocycles. The van der Waals surface area contributed by atoms with Crippen molar-refractivity contribution in [3.05, 3.63) is 57.4 Å². The van der Waals surface area contributed by atoms with Gasteiger partial charge in [0.15, 0.2) is 0 Å². The summed E-state index contributed by atoms with van der Waals surface area (Å²) in [5.74, 6) is -0.664. The van der Waals surface area contributed by atoms with Crippen LogP contribution >= 0.6 is 11.6 Å². The van der Waals surface area contributed by atoms with Crippen molar-refractivity contribution in [2.24, 2.45) is 0 Å². The maximum absolute atomic E-state index is 11.9. The molecule has 2 rings (SSSR count). The number of halogens is 1. The van der Waals surface area contributed by atoms with E-state index in [1.54, 1.807) is 0 Å². The summed E-state index contributed by atoms with van der Waals surface area (Å²) in [6.07, 6.45) is 1.22.